The molecule has 0 aliphatic carbocycles. The monoisotopic (exact) mass is 140 g/mol. The molecule has 2 aliphatic heterocycles. The lowest BCUT2D eigenvalue weighted by molar-refractivity contribution is 0.0496. The van der Waals surface area contributed by atoms with Crippen LogP contribution in [0.2, 0.25) is 0 Å². The average Bonchev–Trinajstić information content (AvgIpc) is 2.05. The molecular formula is C8H12O2. The highest BCUT2D eigenvalue weighted by Crippen LogP contribution is 2.23. The minimum Gasteiger partial charge on any atom is -0.377 e. The number of fused-ring (bicyclic) bond motifs is 1. The van der Waals surface area contributed by atoms with E-state index in [1.54, 1.807) is 0 Å². The first-order chi connectivity index (χ1) is 4.97. The van der Waals surface area contributed by atoms with Crippen LogP contribution in [0.3, 0.4) is 0 Å². The van der Waals surface area contributed by atoms with Gasteiger partial charge in [-0.3, -0.25) is 0 Å². The van der Waals surface area contributed by atoms with Gasteiger partial charge >= 0.3 is 0 Å². The van der Waals surface area contributed by atoms with Gasteiger partial charge in [0.1, 0.15) is 0 Å². The van der Waals surface area contributed by atoms with Crippen molar-refractivity contribution >= 4 is 0 Å². The van der Waals surface area contributed by atoms with Crippen LogP contribution in [0.5, 0.6) is 0 Å². The van der Waals surface area contributed by atoms with Crippen LogP contribution in [0.1, 0.15) is 6.42 Å². The average molecular weight is 140 g/mol. The molecule has 1 atom stereocenters. The van der Waals surface area contributed by atoms with Gasteiger partial charge in [0.2, 0.25) is 0 Å². The summed E-state index contributed by atoms with van der Waals surface area (Å²) in [5.41, 5.74) is 1.46. The fourth-order valence-electron chi connectivity index (χ4n) is 1.51. The Morgan fingerprint density at radius 1 is 1.40 bits per heavy atom. The lowest BCUT2D eigenvalue weighted by Gasteiger charge is -2.28. The highest BCUT2D eigenvalue weighted by molar-refractivity contribution is 5.11. The third kappa shape index (κ3) is 1.09. The van der Waals surface area contributed by atoms with Crippen molar-refractivity contribution in [1.82, 2.24) is 0 Å². The Morgan fingerprint density at radius 2 is 2.40 bits per heavy atom. The quantitative estimate of drug-likeness (QED) is 0.467. The highest BCUT2D eigenvalue weighted by Gasteiger charge is 2.21. The maximum absolute atomic E-state index is 5.32. The third-order valence-electron chi connectivity index (χ3n) is 2.19. The van der Waals surface area contributed by atoms with E-state index in [9.17, 15) is 0 Å². The first-order valence-electron chi connectivity index (χ1n) is 3.81. The Bertz CT molecular complexity index is 151. The lowest BCUT2D eigenvalue weighted by atomic mass is 9.94. The molecule has 1 saturated heterocycles. The summed E-state index contributed by atoms with van der Waals surface area (Å²) in [5.74, 6) is 0.669. The van der Waals surface area contributed by atoms with Gasteiger partial charge in [0.25, 0.3) is 0 Å². The molecule has 56 valence electrons. The molecule has 1 unspecified atom stereocenters. The van der Waals surface area contributed by atoms with Crippen LogP contribution in [0, 0.1) is 5.92 Å². The first-order valence-corrected chi connectivity index (χ1v) is 3.81. The SMILES string of the molecule is C1=C2COCCC2COC1. The molecule has 2 heteroatoms. The molecule has 10 heavy (non-hydrogen) atoms. The number of ether oxygens (including phenoxy) is 2. The van der Waals surface area contributed by atoms with Gasteiger partial charge in [-0.05, 0) is 12.0 Å². The van der Waals surface area contributed by atoms with E-state index in [0.29, 0.717) is 5.92 Å². The van der Waals surface area contributed by atoms with Crippen LogP contribution in [0.15, 0.2) is 11.6 Å². The van der Waals surface area contributed by atoms with Crippen LogP contribution < -0.4 is 0 Å². The van der Waals surface area contributed by atoms with Crippen LogP contribution in [0.25, 0.3) is 0 Å². The molecule has 2 nitrogen and oxygen atoms in total. The van der Waals surface area contributed by atoms with Gasteiger partial charge in [-0.1, -0.05) is 6.08 Å². The summed E-state index contributed by atoms with van der Waals surface area (Å²) >= 11 is 0. The zero-order chi connectivity index (χ0) is 6.81. The lowest BCUT2D eigenvalue weighted by Crippen LogP contribution is -2.26. The molecule has 2 rings (SSSR count). The van der Waals surface area contributed by atoms with Crippen molar-refractivity contribution in [3.8, 4) is 0 Å². The zero-order valence-corrected chi connectivity index (χ0v) is 6.01. The molecule has 0 amide bonds. The zero-order valence-electron chi connectivity index (χ0n) is 6.01. The predicted molar refractivity (Wildman–Crippen MR) is 37.8 cm³/mol. The van der Waals surface area contributed by atoms with E-state index in [4.69, 9.17) is 9.47 Å². The van der Waals surface area contributed by atoms with Gasteiger partial charge in [0.15, 0.2) is 0 Å². The Labute approximate surface area is 60.8 Å². The second kappa shape index (κ2) is 2.72. The molecule has 0 aromatic carbocycles. The fourth-order valence-corrected chi connectivity index (χ4v) is 1.51. The number of hydrogen-bond donors (Lipinski definition) is 0. The molecule has 0 radical (unpaired) electrons. The molecule has 0 saturated carbocycles. The smallest absolute Gasteiger partial charge is 0.0681 e. The van der Waals surface area contributed by atoms with E-state index in [0.717, 1.165) is 32.8 Å². The summed E-state index contributed by atoms with van der Waals surface area (Å²) in [6.07, 6.45) is 3.30. The summed E-state index contributed by atoms with van der Waals surface area (Å²) in [6, 6.07) is 0. The highest BCUT2D eigenvalue weighted by atomic mass is 16.5. The molecule has 0 aromatic rings. The van der Waals surface area contributed by atoms with Gasteiger partial charge in [-0.2, -0.15) is 0 Å². The van der Waals surface area contributed by atoms with Crippen molar-refractivity contribution in [3.63, 3.8) is 0 Å². The summed E-state index contributed by atoms with van der Waals surface area (Å²) in [6.45, 7) is 3.45. The minimum atomic E-state index is 0.669. The second-order valence-electron chi connectivity index (χ2n) is 2.85. The summed E-state index contributed by atoms with van der Waals surface area (Å²) in [7, 11) is 0. The van der Waals surface area contributed by atoms with E-state index in [1.165, 1.54) is 5.57 Å². The summed E-state index contributed by atoms with van der Waals surface area (Å²) in [5, 5.41) is 0. The van der Waals surface area contributed by atoms with E-state index in [-0.39, 0.29) is 0 Å². The summed E-state index contributed by atoms with van der Waals surface area (Å²) in [4.78, 5) is 0. The molecule has 2 aliphatic rings. The van der Waals surface area contributed by atoms with Crippen molar-refractivity contribution in [2.24, 2.45) is 5.92 Å². The normalized spacial score (nSPS) is 32.8. The summed E-state index contributed by atoms with van der Waals surface area (Å²) < 4.78 is 10.6. The topological polar surface area (TPSA) is 18.5 Å². The van der Waals surface area contributed by atoms with Crippen LogP contribution in [0.4, 0.5) is 0 Å². The van der Waals surface area contributed by atoms with Crippen LogP contribution >= 0.6 is 0 Å². The second-order valence-corrected chi connectivity index (χ2v) is 2.85. The Kier molecular flexibility index (Phi) is 1.74. The molecule has 0 spiro atoms. The van der Waals surface area contributed by atoms with E-state index >= 15 is 0 Å². The van der Waals surface area contributed by atoms with Crippen molar-refractivity contribution in [2.75, 3.05) is 26.4 Å². The Balaban J connectivity index is 2.08. The molecule has 0 N–H and O–H groups in total. The van der Waals surface area contributed by atoms with Crippen molar-refractivity contribution in [3.05, 3.63) is 11.6 Å². The molecule has 0 aromatic heterocycles. The van der Waals surface area contributed by atoms with Gasteiger partial charge in [0.05, 0.1) is 19.8 Å². The third-order valence-corrected chi connectivity index (χ3v) is 2.19. The number of rotatable bonds is 0. The Hall–Kier alpha value is -0.340. The minimum absolute atomic E-state index is 0.669. The number of hydrogen-bond acceptors (Lipinski definition) is 2. The van der Waals surface area contributed by atoms with Crippen LogP contribution in [-0.2, 0) is 9.47 Å². The molecular weight excluding hydrogens is 128 g/mol. The van der Waals surface area contributed by atoms with Gasteiger partial charge in [-0.25, -0.2) is 0 Å². The van der Waals surface area contributed by atoms with Gasteiger partial charge in [0, 0.05) is 12.5 Å². The molecule has 0 bridgehead atoms. The van der Waals surface area contributed by atoms with E-state index in [1.807, 2.05) is 0 Å². The van der Waals surface area contributed by atoms with Gasteiger partial charge < -0.3 is 9.47 Å². The van der Waals surface area contributed by atoms with Gasteiger partial charge in [-0.15, -0.1) is 0 Å². The fraction of sp³-hybridized carbons (Fsp3) is 0.750. The van der Waals surface area contributed by atoms with Crippen molar-refractivity contribution in [2.45, 2.75) is 6.42 Å². The first kappa shape index (κ1) is 6.38. The molecule has 2 heterocycles. The molecule has 1 fully saturated rings. The standard InChI is InChI=1S/C8H12O2/c1-3-9-6-8-2-4-10-5-7(1)8/h1,8H,2-6H2. The maximum atomic E-state index is 5.32. The predicted octanol–water partition coefficient (Wildman–Crippen LogP) is 0.980. The van der Waals surface area contributed by atoms with Crippen molar-refractivity contribution in [1.29, 1.82) is 0 Å². The van der Waals surface area contributed by atoms with Crippen molar-refractivity contribution < 1.29 is 9.47 Å². The van der Waals surface area contributed by atoms with E-state index < -0.39 is 0 Å². The van der Waals surface area contributed by atoms with Crippen LogP contribution in [-0.4, -0.2) is 26.4 Å². The van der Waals surface area contributed by atoms with E-state index in [2.05, 4.69) is 6.08 Å². The largest absolute Gasteiger partial charge is 0.377 e. The Morgan fingerprint density at radius 3 is 3.30 bits per heavy atom. The maximum Gasteiger partial charge on any atom is 0.0681 e.